The van der Waals surface area contributed by atoms with Crippen LogP contribution in [0.5, 0.6) is 11.5 Å². The minimum atomic E-state index is -0.202. The first-order valence-corrected chi connectivity index (χ1v) is 13.2. The lowest BCUT2D eigenvalue weighted by atomic mass is 10.0. The third-order valence-corrected chi connectivity index (χ3v) is 7.65. The molecule has 1 atom stereocenters. The first kappa shape index (κ1) is 24.3. The largest absolute Gasteiger partial charge is 0.497 e. The summed E-state index contributed by atoms with van der Waals surface area (Å²) in [6.07, 6.45) is 0.817. The molecular weight excluding hydrogens is 468 g/mol. The molecule has 0 spiro atoms. The SMILES string of the molecule is COc1cccc(OCC2c3ccsc3CCN2C(=O)CN(CC(C)C)C(=O)c2cccs2)c1. The molecule has 180 valence electrons. The van der Waals surface area contributed by atoms with Crippen molar-refractivity contribution in [3.63, 3.8) is 0 Å². The average molecular weight is 499 g/mol. The molecule has 1 aromatic carbocycles. The van der Waals surface area contributed by atoms with Crippen molar-refractivity contribution in [2.45, 2.75) is 26.3 Å². The van der Waals surface area contributed by atoms with E-state index >= 15 is 0 Å². The zero-order valence-electron chi connectivity index (χ0n) is 19.7. The molecule has 2 amide bonds. The number of amides is 2. The molecule has 1 aliphatic rings. The van der Waals surface area contributed by atoms with Gasteiger partial charge in [0.2, 0.25) is 5.91 Å². The van der Waals surface area contributed by atoms with Crippen molar-refractivity contribution in [2.24, 2.45) is 5.92 Å². The molecule has 2 aromatic heterocycles. The van der Waals surface area contributed by atoms with Crippen LogP contribution >= 0.6 is 22.7 Å². The van der Waals surface area contributed by atoms with Gasteiger partial charge in [0.15, 0.2) is 0 Å². The summed E-state index contributed by atoms with van der Waals surface area (Å²) < 4.78 is 11.4. The topological polar surface area (TPSA) is 59.1 Å². The van der Waals surface area contributed by atoms with Crippen molar-refractivity contribution in [1.29, 1.82) is 0 Å². The number of ether oxygens (including phenoxy) is 2. The van der Waals surface area contributed by atoms with Gasteiger partial charge >= 0.3 is 0 Å². The molecule has 4 rings (SSSR count). The number of carbonyl (C=O) groups is 2. The average Bonchev–Trinajstić information content (AvgIpc) is 3.53. The van der Waals surface area contributed by atoms with Gasteiger partial charge in [0.05, 0.1) is 18.0 Å². The second-order valence-corrected chi connectivity index (χ2v) is 10.6. The van der Waals surface area contributed by atoms with E-state index in [0.717, 1.165) is 17.7 Å². The number of rotatable bonds is 9. The number of benzene rings is 1. The molecule has 0 fully saturated rings. The normalized spacial score (nSPS) is 15.2. The molecule has 0 aliphatic carbocycles. The van der Waals surface area contributed by atoms with Gasteiger partial charge in [0.1, 0.15) is 24.7 Å². The van der Waals surface area contributed by atoms with Crippen LogP contribution in [-0.4, -0.2) is 55.0 Å². The summed E-state index contributed by atoms with van der Waals surface area (Å²) in [4.78, 5) is 32.2. The molecular formula is C26H30N2O4S2. The Hall–Kier alpha value is -2.84. The monoisotopic (exact) mass is 498 g/mol. The highest BCUT2D eigenvalue weighted by Crippen LogP contribution is 2.34. The van der Waals surface area contributed by atoms with Crippen LogP contribution in [0.2, 0.25) is 0 Å². The van der Waals surface area contributed by atoms with Crippen LogP contribution < -0.4 is 9.47 Å². The predicted molar refractivity (Wildman–Crippen MR) is 136 cm³/mol. The Balaban J connectivity index is 1.52. The van der Waals surface area contributed by atoms with Crippen molar-refractivity contribution in [2.75, 3.05) is 33.4 Å². The van der Waals surface area contributed by atoms with Crippen molar-refractivity contribution in [3.05, 3.63) is 68.5 Å². The molecule has 1 unspecified atom stereocenters. The number of hydrogen-bond donors (Lipinski definition) is 0. The van der Waals surface area contributed by atoms with E-state index in [-0.39, 0.29) is 30.3 Å². The third-order valence-electron chi connectivity index (χ3n) is 5.80. The zero-order chi connectivity index (χ0) is 24.1. The molecule has 0 saturated carbocycles. The summed E-state index contributed by atoms with van der Waals surface area (Å²) in [5, 5.41) is 3.96. The number of hydrogen-bond acceptors (Lipinski definition) is 6. The van der Waals surface area contributed by atoms with E-state index in [0.29, 0.717) is 30.3 Å². The van der Waals surface area contributed by atoms with Crippen LogP contribution in [0.15, 0.2) is 53.2 Å². The van der Waals surface area contributed by atoms with E-state index in [1.807, 2.05) is 46.7 Å². The predicted octanol–water partition coefficient (Wildman–Crippen LogP) is 5.12. The summed E-state index contributed by atoms with van der Waals surface area (Å²) in [7, 11) is 1.62. The number of methoxy groups -OCH3 is 1. The van der Waals surface area contributed by atoms with Gasteiger partial charge in [-0.2, -0.15) is 0 Å². The maximum absolute atomic E-state index is 13.6. The lowest BCUT2D eigenvalue weighted by molar-refractivity contribution is -0.135. The van der Waals surface area contributed by atoms with Gasteiger partial charge in [-0.25, -0.2) is 0 Å². The molecule has 1 aliphatic heterocycles. The molecule has 0 N–H and O–H groups in total. The summed E-state index contributed by atoms with van der Waals surface area (Å²) >= 11 is 3.12. The quantitative estimate of drug-likeness (QED) is 0.411. The third kappa shape index (κ3) is 5.62. The fourth-order valence-electron chi connectivity index (χ4n) is 4.21. The second-order valence-electron chi connectivity index (χ2n) is 8.70. The molecule has 34 heavy (non-hydrogen) atoms. The lowest BCUT2D eigenvalue weighted by Gasteiger charge is -2.37. The van der Waals surface area contributed by atoms with Crippen molar-refractivity contribution in [3.8, 4) is 11.5 Å². The van der Waals surface area contributed by atoms with Crippen molar-refractivity contribution < 1.29 is 19.1 Å². The van der Waals surface area contributed by atoms with Gasteiger partial charge in [0.25, 0.3) is 5.91 Å². The zero-order valence-corrected chi connectivity index (χ0v) is 21.4. The molecule has 0 bridgehead atoms. The minimum absolute atomic E-state index is 0.0540. The Kier molecular flexibility index (Phi) is 7.90. The van der Waals surface area contributed by atoms with Crippen molar-refractivity contribution in [1.82, 2.24) is 9.80 Å². The van der Waals surface area contributed by atoms with Crippen LogP contribution in [0.3, 0.4) is 0 Å². The van der Waals surface area contributed by atoms with Gasteiger partial charge in [-0.3, -0.25) is 9.59 Å². The Bertz CT molecular complexity index is 1110. The molecule has 6 nitrogen and oxygen atoms in total. The van der Waals surface area contributed by atoms with Crippen molar-refractivity contribution >= 4 is 34.5 Å². The molecule has 3 aromatic rings. The number of thiophene rings is 2. The first-order valence-electron chi connectivity index (χ1n) is 11.4. The highest BCUT2D eigenvalue weighted by Gasteiger charge is 2.34. The van der Waals surface area contributed by atoms with E-state index in [1.54, 1.807) is 23.3 Å². The maximum atomic E-state index is 13.6. The van der Waals surface area contributed by atoms with Crippen LogP contribution in [0, 0.1) is 5.92 Å². The summed E-state index contributed by atoms with van der Waals surface area (Å²) in [6, 6.07) is 13.0. The fourth-order valence-corrected chi connectivity index (χ4v) is 5.83. The Labute approximate surface area is 208 Å². The first-order chi connectivity index (χ1) is 16.5. The van der Waals surface area contributed by atoms with Gasteiger partial charge < -0.3 is 19.3 Å². The Morgan fingerprint density at radius 1 is 1.12 bits per heavy atom. The smallest absolute Gasteiger partial charge is 0.264 e. The standard InChI is InChI=1S/C26H30N2O4S2/c1-18(2)15-27(26(30)24-8-5-12-33-24)16-25(29)28-11-9-23-21(10-13-34-23)22(28)17-32-20-7-4-6-19(14-20)31-3/h4-8,10,12-14,18,22H,9,11,15-17H2,1-3H3. The fraction of sp³-hybridized carbons (Fsp3) is 0.385. The summed E-state index contributed by atoms with van der Waals surface area (Å²) in [6.45, 7) is 5.66. The van der Waals surface area contributed by atoms with Gasteiger partial charge in [-0.15, -0.1) is 22.7 Å². The molecule has 8 heteroatoms. The highest BCUT2D eigenvalue weighted by atomic mass is 32.1. The van der Waals surface area contributed by atoms with Gasteiger partial charge in [-0.1, -0.05) is 26.0 Å². The van der Waals surface area contributed by atoms with Crippen LogP contribution in [0.25, 0.3) is 0 Å². The number of fused-ring (bicyclic) bond motifs is 1. The maximum Gasteiger partial charge on any atom is 0.264 e. The van der Waals surface area contributed by atoms with E-state index in [1.165, 1.54) is 16.2 Å². The number of carbonyl (C=O) groups excluding carboxylic acids is 2. The second kappa shape index (κ2) is 11.1. The van der Waals surface area contributed by atoms with E-state index in [4.69, 9.17) is 9.47 Å². The molecule has 0 saturated heterocycles. The molecule has 0 radical (unpaired) electrons. The van der Waals surface area contributed by atoms with Gasteiger partial charge in [0, 0.05) is 24.0 Å². The van der Waals surface area contributed by atoms with Crippen LogP contribution in [0.4, 0.5) is 0 Å². The highest BCUT2D eigenvalue weighted by molar-refractivity contribution is 7.12. The lowest BCUT2D eigenvalue weighted by Crippen LogP contribution is -2.48. The van der Waals surface area contributed by atoms with E-state index in [9.17, 15) is 9.59 Å². The minimum Gasteiger partial charge on any atom is -0.497 e. The van der Waals surface area contributed by atoms with Crippen LogP contribution in [0.1, 0.15) is 40.0 Å². The van der Waals surface area contributed by atoms with E-state index in [2.05, 4.69) is 25.3 Å². The number of nitrogens with zero attached hydrogens (tertiary/aromatic N) is 2. The Morgan fingerprint density at radius 2 is 1.94 bits per heavy atom. The van der Waals surface area contributed by atoms with E-state index < -0.39 is 0 Å². The summed E-state index contributed by atoms with van der Waals surface area (Å²) in [5.74, 6) is 1.54. The Morgan fingerprint density at radius 3 is 2.68 bits per heavy atom. The molecule has 3 heterocycles. The summed E-state index contributed by atoms with van der Waals surface area (Å²) in [5.41, 5.74) is 1.13. The van der Waals surface area contributed by atoms with Crippen LogP contribution in [-0.2, 0) is 11.2 Å². The van der Waals surface area contributed by atoms with Gasteiger partial charge in [-0.05, 0) is 52.9 Å².